The molecule has 6 nitrogen and oxygen atoms in total. The largest absolute Gasteiger partial charge is 0.378 e. The van der Waals surface area contributed by atoms with Crippen LogP contribution in [0.5, 0.6) is 0 Å². The van der Waals surface area contributed by atoms with Crippen LogP contribution in [0.3, 0.4) is 0 Å². The molecule has 1 aromatic carbocycles. The van der Waals surface area contributed by atoms with Gasteiger partial charge in [0, 0.05) is 18.7 Å². The SMILES string of the molecule is Clc1nc(N2CCOCC2)c2nc(-c3ccccc3)c(Cl)nc2n1. The van der Waals surface area contributed by atoms with Gasteiger partial charge in [-0.25, -0.2) is 9.97 Å². The van der Waals surface area contributed by atoms with Crippen molar-refractivity contribution in [2.45, 2.75) is 0 Å². The Labute approximate surface area is 148 Å². The van der Waals surface area contributed by atoms with Crippen molar-refractivity contribution >= 4 is 40.2 Å². The third kappa shape index (κ3) is 2.88. The van der Waals surface area contributed by atoms with Crippen molar-refractivity contribution in [1.82, 2.24) is 19.9 Å². The number of benzene rings is 1. The summed E-state index contributed by atoms with van der Waals surface area (Å²) in [5, 5.41) is 0.415. The highest BCUT2D eigenvalue weighted by Gasteiger charge is 2.20. The summed E-state index contributed by atoms with van der Waals surface area (Å²) in [6.45, 7) is 2.70. The Morgan fingerprint density at radius 1 is 0.917 bits per heavy atom. The van der Waals surface area contributed by atoms with Crippen molar-refractivity contribution in [3.8, 4) is 11.3 Å². The van der Waals surface area contributed by atoms with E-state index < -0.39 is 0 Å². The topological polar surface area (TPSA) is 64.0 Å². The molecule has 3 heterocycles. The minimum atomic E-state index is 0.127. The van der Waals surface area contributed by atoms with Crippen molar-refractivity contribution in [3.63, 3.8) is 0 Å². The van der Waals surface area contributed by atoms with Gasteiger partial charge in [-0.05, 0) is 11.6 Å². The zero-order valence-corrected chi connectivity index (χ0v) is 14.1. The van der Waals surface area contributed by atoms with Crippen molar-refractivity contribution in [3.05, 3.63) is 40.8 Å². The van der Waals surface area contributed by atoms with Gasteiger partial charge in [0.25, 0.3) is 0 Å². The molecule has 0 radical (unpaired) electrons. The molecule has 1 saturated heterocycles. The van der Waals surface area contributed by atoms with Gasteiger partial charge in [0.05, 0.1) is 13.2 Å². The molecule has 0 atom stereocenters. The molecule has 0 spiro atoms. The Morgan fingerprint density at radius 3 is 2.42 bits per heavy atom. The molecule has 0 bridgehead atoms. The summed E-state index contributed by atoms with van der Waals surface area (Å²) in [5.74, 6) is 0.662. The second-order valence-corrected chi connectivity index (χ2v) is 6.01. The highest BCUT2D eigenvalue weighted by molar-refractivity contribution is 6.32. The van der Waals surface area contributed by atoms with Crippen molar-refractivity contribution < 1.29 is 4.74 Å². The fourth-order valence-electron chi connectivity index (χ4n) is 2.66. The van der Waals surface area contributed by atoms with Crippen LogP contribution in [0.15, 0.2) is 30.3 Å². The van der Waals surface area contributed by atoms with Crippen LogP contribution in [0.4, 0.5) is 5.82 Å². The molecule has 0 unspecified atom stereocenters. The summed E-state index contributed by atoms with van der Waals surface area (Å²) in [5.41, 5.74) is 2.47. The minimum Gasteiger partial charge on any atom is -0.378 e. The second kappa shape index (κ2) is 6.47. The summed E-state index contributed by atoms with van der Waals surface area (Å²) in [4.78, 5) is 19.7. The third-order valence-corrected chi connectivity index (χ3v) is 4.23. The number of aromatic nitrogens is 4. The van der Waals surface area contributed by atoms with E-state index in [1.807, 2.05) is 30.3 Å². The molecule has 2 aromatic heterocycles. The molecular weight excluding hydrogens is 349 g/mol. The molecule has 8 heteroatoms. The first-order valence-electron chi connectivity index (χ1n) is 7.51. The van der Waals surface area contributed by atoms with Crippen LogP contribution in [-0.4, -0.2) is 46.2 Å². The lowest BCUT2D eigenvalue weighted by molar-refractivity contribution is 0.122. The molecule has 0 amide bonds. The summed E-state index contributed by atoms with van der Waals surface area (Å²) >= 11 is 12.4. The summed E-state index contributed by atoms with van der Waals surface area (Å²) in [6.07, 6.45) is 0. The molecule has 1 aliphatic heterocycles. The van der Waals surface area contributed by atoms with Gasteiger partial charge in [-0.15, -0.1) is 0 Å². The molecule has 1 fully saturated rings. The lowest BCUT2D eigenvalue weighted by Crippen LogP contribution is -2.37. The van der Waals surface area contributed by atoms with Gasteiger partial charge in [-0.1, -0.05) is 41.9 Å². The predicted molar refractivity (Wildman–Crippen MR) is 93.6 cm³/mol. The zero-order valence-electron chi connectivity index (χ0n) is 12.6. The standard InChI is InChI=1S/C16H13Cl2N5O/c17-13-11(10-4-2-1-3-5-10)19-12-14(20-13)21-16(18)22-15(12)23-6-8-24-9-7-23/h1-5H,6-9H2. The van der Waals surface area contributed by atoms with E-state index in [0.717, 1.165) is 5.56 Å². The quantitative estimate of drug-likeness (QED) is 0.653. The first-order chi connectivity index (χ1) is 11.7. The number of morpholine rings is 1. The van der Waals surface area contributed by atoms with E-state index >= 15 is 0 Å². The Morgan fingerprint density at radius 2 is 1.67 bits per heavy atom. The van der Waals surface area contributed by atoms with Gasteiger partial charge >= 0.3 is 0 Å². The monoisotopic (exact) mass is 361 g/mol. The molecule has 24 heavy (non-hydrogen) atoms. The number of nitrogens with zero attached hydrogens (tertiary/aromatic N) is 5. The number of hydrogen-bond donors (Lipinski definition) is 0. The van der Waals surface area contributed by atoms with Crippen LogP contribution < -0.4 is 4.90 Å². The first kappa shape index (κ1) is 15.5. The molecule has 0 saturated carbocycles. The summed E-state index contributed by atoms with van der Waals surface area (Å²) in [6, 6.07) is 9.67. The van der Waals surface area contributed by atoms with Crippen LogP contribution in [0.25, 0.3) is 22.4 Å². The van der Waals surface area contributed by atoms with Crippen LogP contribution in [0.2, 0.25) is 10.4 Å². The van der Waals surface area contributed by atoms with Crippen LogP contribution in [-0.2, 0) is 4.74 Å². The average molecular weight is 362 g/mol. The third-order valence-electron chi connectivity index (χ3n) is 3.80. The number of fused-ring (bicyclic) bond motifs is 1. The van der Waals surface area contributed by atoms with Gasteiger partial charge in [0.15, 0.2) is 22.1 Å². The Hall–Kier alpha value is -2.02. The maximum absolute atomic E-state index is 6.32. The average Bonchev–Trinajstić information content (AvgIpc) is 2.62. The fourth-order valence-corrected chi connectivity index (χ4v) is 3.05. The molecular formula is C16H13Cl2N5O. The van der Waals surface area contributed by atoms with E-state index in [-0.39, 0.29) is 10.4 Å². The smallest absolute Gasteiger partial charge is 0.226 e. The number of hydrogen-bond acceptors (Lipinski definition) is 6. The van der Waals surface area contributed by atoms with E-state index in [2.05, 4.69) is 19.9 Å². The zero-order chi connectivity index (χ0) is 16.5. The maximum atomic E-state index is 6.32. The molecule has 122 valence electrons. The van der Waals surface area contributed by atoms with Crippen LogP contribution in [0.1, 0.15) is 0 Å². The van der Waals surface area contributed by atoms with E-state index in [4.69, 9.17) is 32.9 Å². The molecule has 0 N–H and O–H groups in total. The predicted octanol–water partition coefficient (Wildman–Crippen LogP) is 3.23. The molecule has 0 aliphatic carbocycles. The van der Waals surface area contributed by atoms with Crippen LogP contribution in [0, 0.1) is 0 Å². The lowest BCUT2D eigenvalue weighted by Gasteiger charge is -2.28. The maximum Gasteiger partial charge on any atom is 0.226 e. The van der Waals surface area contributed by atoms with Crippen LogP contribution >= 0.6 is 23.2 Å². The number of ether oxygens (including phenoxy) is 1. The van der Waals surface area contributed by atoms with E-state index in [1.165, 1.54) is 0 Å². The van der Waals surface area contributed by atoms with E-state index in [0.29, 0.717) is 49.0 Å². The van der Waals surface area contributed by atoms with Crippen molar-refractivity contribution in [1.29, 1.82) is 0 Å². The van der Waals surface area contributed by atoms with Crippen molar-refractivity contribution in [2.75, 3.05) is 31.2 Å². The number of rotatable bonds is 2. The molecule has 1 aliphatic rings. The summed E-state index contributed by atoms with van der Waals surface area (Å²) in [7, 11) is 0. The Bertz CT molecular complexity index is 885. The Balaban J connectivity index is 1.92. The highest BCUT2D eigenvalue weighted by Crippen LogP contribution is 2.30. The normalized spacial score (nSPS) is 15.0. The van der Waals surface area contributed by atoms with Gasteiger partial charge in [-0.3, -0.25) is 0 Å². The second-order valence-electron chi connectivity index (χ2n) is 5.32. The van der Waals surface area contributed by atoms with Gasteiger partial charge in [0.1, 0.15) is 5.69 Å². The Kier molecular flexibility index (Phi) is 4.18. The number of halogens is 2. The van der Waals surface area contributed by atoms with E-state index in [9.17, 15) is 0 Å². The van der Waals surface area contributed by atoms with Crippen molar-refractivity contribution in [2.24, 2.45) is 0 Å². The van der Waals surface area contributed by atoms with Gasteiger partial charge in [-0.2, -0.15) is 9.97 Å². The first-order valence-corrected chi connectivity index (χ1v) is 8.27. The highest BCUT2D eigenvalue weighted by atomic mass is 35.5. The van der Waals surface area contributed by atoms with Gasteiger partial charge < -0.3 is 9.64 Å². The minimum absolute atomic E-state index is 0.127. The van der Waals surface area contributed by atoms with Gasteiger partial charge in [0.2, 0.25) is 5.28 Å². The number of anilines is 1. The van der Waals surface area contributed by atoms with E-state index in [1.54, 1.807) is 0 Å². The molecule has 3 aromatic rings. The summed E-state index contributed by atoms with van der Waals surface area (Å²) < 4.78 is 5.40. The molecule has 4 rings (SSSR count). The fraction of sp³-hybridized carbons (Fsp3) is 0.250. The lowest BCUT2D eigenvalue weighted by atomic mass is 10.1.